The van der Waals surface area contributed by atoms with E-state index in [2.05, 4.69) is 17.0 Å². The van der Waals surface area contributed by atoms with Crippen molar-refractivity contribution >= 4 is 15.7 Å². The first kappa shape index (κ1) is 18.3. The van der Waals surface area contributed by atoms with Gasteiger partial charge in [-0.15, -0.1) is 0 Å². The standard InChI is InChI=1S/C20H31N3O2S/c1-26(24,25)23(21-14-4-2-5-15-21)19-10-8-17(9-11-19)20-13-12-18-7-3-6-16-22(18)20/h8-11,18,20H,2-7,12-16H2,1H3/t18-,20-/m1/s1. The fourth-order valence-electron chi connectivity index (χ4n) is 5.06. The summed E-state index contributed by atoms with van der Waals surface area (Å²) < 4.78 is 26.4. The smallest absolute Gasteiger partial charge is 0.245 e. The first-order valence-corrected chi connectivity index (χ1v) is 12.0. The molecule has 0 amide bonds. The van der Waals surface area contributed by atoms with Gasteiger partial charge in [-0.25, -0.2) is 17.8 Å². The summed E-state index contributed by atoms with van der Waals surface area (Å²) in [6.45, 7) is 2.83. The van der Waals surface area contributed by atoms with E-state index < -0.39 is 10.0 Å². The molecule has 4 rings (SSSR count). The van der Waals surface area contributed by atoms with Crippen molar-refractivity contribution in [3.8, 4) is 0 Å². The molecule has 0 bridgehead atoms. The van der Waals surface area contributed by atoms with Crippen molar-refractivity contribution in [2.24, 2.45) is 0 Å². The normalized spacial score (nSPS) is 28.0. The van der Waals surface area contributed by atoms with E-state index in [4.69, 9.17) is 0 Å². The molecule has 1 aromatic carbocycles. The lowest BCUT2D eigenvalue weighted by Crippen LogP contribution is -2.48. The van der Waals surface area contributed by atoms with E-state index in [-0.39, 0.29) is 0 Å². The van der Waals surface area contributed by atoms with Gasteiger partial charge >= 0.3 is 0 Å². The van der Waals surface area contributed by atoms with Crippen molar-refractivity contribution in [1.82, 2.24) is 9.91 Å². The third kappa shape index (κ3) is 3.64. The van der Waals surface area contributed by atoms with Crippen molar-refractivity contribution in [2.45, 2.75) is 63.5 Å². The highest BCUT2D eigenvalue weighted by Crippen LogP contribution is 2.40. The number of piperidine rings is 2. The molecule has 1 aromatic rings. The van der Waals surface area contributed by atoms with Gasteiger partial charge in [-0.05, 0) is 62.8 Å². The molecule has 0 N–H and O–H groups in total. The average Bonchev–Trinajstić information content (AvgIpc) is 3.06. The van der Waals surface area contributed by atoms with Crippen LogP contribution in [0.15, 0.2) is 24.3 Å². The Hall–Kier alpha value is -1.11. The Morgan fingerprint density at radius 3 is 2.27 bits per heavy atom. The number of sulfonamides is 1. The molecule has 0 aromatic heterocycles. The van der Waals surface area contributed by atoms with Crippen LogP contribution in [0.3, 0.4) is 0 Å². The van der Waals surface area contributed by atoms with E-state index in [1.165, 1.54) is 61.3 Å². The maximum atomic E-state index is 12.4. The topological polar surface area (TPSA) is 43.9 Å². The zero-order chi connectivity index (χ0) is 18.1. The van der Waals surface area contributed by atoms with E-state index in [9.17, 15) is 8.42 Å². The van der Waals surface area contributed by atoms with Gasteiger partial charge in [0.1, 0.15) is 0 Å². The number of hydrogen-bond donors (Lipinski definition) is 0. The monoisotopic (exact) mass is 377 g/mol. The van der Waals surface area contributed by atoms with Gasteiger partial charge in [0.25, 0.3) is 0 Å². The molecule has 6 heteroatoms. The lowest BCUT2D eigenvalue weighted by Gasteiger charge is -2.37. The largest absolute Gasteiger partial charge is 0.293 e. The number of hydrazine groups is 1. The van der Waals surface area contributed by atoms with Crippen LogP contribution in [-0.4, -0.2) is 50.3 Å². The van der Waals surface area contributed by atoms with Crippen LogP contribution < -0.4 is 4.41 Å². The summed E-state index contributed by atoms with van der Waals surface area (Å²) in [6.07, 6.45) is 11.2. The van der Waals surface area contributed by atoms with Crippen LogP contribution in [0.1, 0.15) is 63.0 Å². The Morgan fingerprint density at radius 2 is 1.58 bits per heavy atom. The van der Waals surface area contributed by atoms with Gasteiger partial charge in [0.05, 0.1) is 11.9 Å². The number of rotatable bonds is 4. The van der Waals surface area contributed by atoms with Crippen molar-refractivity contribution in [3.63, 3.8) is 0 Å². The predicted octanol–water partition coefficient (Wildman–Crippen LogP) is 3.54. The highest BCUT2D eigenvalue weighted by atomic mass is 32.2. The lowest BCUT2D eigenvalue weighted by atomic mass is 10.0. The van der Waals surface area contributed by atoms with Gasteiger partial charge in [-0.1, -0.05) is 25.0 Å². The van der Waals surface area contributed by atoms with Crippen LogP contribution in [0.4, 0.5) is 5.69 Å². The Labute approximate surface area is 158 Å². The van der Waals surface area contributed by atoms with Gasteiger partial charge in [-0.2, -0.15) is 0 Å². The first-order valence-electron chi connectivity index (χ1n) is 10.1. The van der Waals surface area contributed by atoms with E-state index in [0.717, 1.165) is 37.7 Å². The van der Waals surface area contributed by atoms with Gasteiger partial charge in [0.2, 0.25) is 10.0 Å². The molecule has 3 saturated heterocycles. The number of hydrogen-bond acceptors (Lipinski definition) is 4. The van der Waals surface area contributed by atoms with Crippen molar-refractivity contribution in [2.75, 3.05) is 30.3 Å². The summed E-state index contributed by atoms with van der Waals surface area (Å²) in [5, 5.41) is 1.99. The van der Waals surface area contributed by atoms with Crippen LogP contribution in [0.25, 0.3) is 0 Å². The van der Waals surface area contributed by atoms with E-state index >= 15 is 0 Å². The number of nitrogens with zero attached hydrogens (tertiary/aromatic N) is 3. The molecule has 0 unspecified atom stereocenters. The summed E-state index contributed by atoms with van der Waals surface area (Å²) >= 11 is 0. The highest BCUT2D eigenvalue weighted by Gasteiger charge is 2.35. The minimum Gasteiger partial charge on any atom is -0.293 e. The van der Waals surface area contributed by atoms with E-state index in [1.54, 1.807) is 0 Å². The van der Waals surface area contributed by atoms with Crippen LogP contribution in [0.2, 0.25) is 0 Å². The SMILES string of the molecule is CS(=O)(=O)N(c1ccc([C@H]2CC[C@H]3CCCCN32)cc1)N1CCCCC1. The molecule has 3 aliphatic rings. The van der Waals surface area contributed by atoms with Crippen LogP contribution in [-0.2, 0) is 10.0 Å². The maximum absolute atomic E-state index is 12.4. The quantitative estimate of drug-likeness (QED) is 0.805. The van der Waals surface area contributed by atoms with Crippen LogP contribution >= 0.6 is 0 Å². The van der Waals surface area contributed by atoms with Crippen molar-refractivity contribution in [3.05, 3.63) is 29.8 Å². The Balaban J connectivity index is 1.55. The zero-order valence-corrected chi connectivity index (χ0v) is 16.6. The average molecular weight is 378 g/mol. The molecule has 3 heterocycles. The maximum Gasteiger partial charge on any atom is 0.245 e. The summed E-state index contributed by atoms with van der Waals surface area (Å²) in [5.74, 6) is 0. The molecular formula is C20H31N3O2S. The number of fused-ring (bicyclic) bond motifs is 1. The Kier molecular flexibility index (Phi) is 5.26. The van der Waals surface area contributed by atoms with Crippen molar-refractivity contribution in [1.29, 1.82) is 0 Å². The second-order valence-corrected chi connectivity index (χ2v) is 9.90. The first-order chi connectivity index (χ1) is 12.5. The fourth-order valence-corrected chi connectivity index (χ4v) is 6.15. The van der Waals surface area contributed by atoms with Gasteiger partial charge < -0.3 is 0 Å². The minimum atomic E-state index is -3.32. The molecule has 2 atom stereocenters. The molecule has 0 spiro atoms. The third-order valence-electron chi connectivity index (χ3n) is 6.25. The molecule has 0 saturated carbocycles. The molecule has 3 aliphatic heterocycles. The minimum absolute atomic E-state index is 0.510. The van der Waals surface area contributed by atoms with Crippen LogP contribution in [0.5, 0.6) is 0 Å². The predicted molar refractivity (Wildman–Crippen MR) is 106 cm³/mol. The van der Waals surface area contributed by atoms with Gasteiger partial charge in [-0.3, -0.25) is 4.90 Å². The highest BCUT2D eigenvalue weighted by molar-refractivity contribution is 7.92. The molecule has 144 valence electrons. The zero-order valence-electron chi connectivity index (χ0n) is 15.8. The second kappa shape index (κ2) is 7.49. The Morgan fingerprint density at radius 1 is 0.885 bits per heavy atom. The molecule has 5 nitrogen and oxygen atoms in total. The second-order valence-electron chi connectivity index (χ2n) is 8.09. The summed E-state index contributed by atoms with van der Waals surface area (Å²) in [5.41, 5.74) is 2.11. The molecule has 0 radical (unpaired) electrons. The summed E-state index contributed by atoms with van der Waals surface area (Å²) in [7, 11) is -3.32. The molecule has 3 fully saturated rings. The molecular weight excluding hydrogens is 346 g/mol. The lowest BCUT2D eigenvalue weighted by molar-refractivity contribution is 0.150. The molecule has 26 heavy (non-hydrogen) atoms. The fraction of sp³-hybridized carbons (Fsp3) is 0.700. The third-order valence-corrected chi connectivity index (χ3v) is 7.32. The van der Waals surface area contributed by atoms with Gasteiger partial charge in [0, 0.05) is 25.2 Å². The van der Waals surface area contributed by atoms with E-state index in [0.29, 0.717) is 6.04 Å². The summed E-state index contributed by atoms with van der Waals surface area (Å²) in [4.78, 5) is 2.68. The molecule has 0 aliphatic carbocycles. The number of benzene rings is 1. The number of anilines is 1. The van der Waals surface area contributed by atoms with Crippen LogP contribution in [0, 0.1) is 0 Å². The van der Waals surface area contributed by atoms with Crippen molar-refractivity contribution < 1.29 is 8.42 Å². The summed E-state index contributed by atoms with van der Waals surface area (Å²) in [6, 6.07) is 9.58. The van der Waals surface area contributed by atoms with Gasteiger partial charge in [0.15, 0.2) is 0 Å². The van der Waals surface area contributed by atoms with E-state index in [1.807, 2.05) is 17.1 Å². The Bertz CT molecular complexity index is 713.